The van der Waals surface area contributed by atoms with Crippen LogP contribution >= 0.6 is 0 Å². The summed E-state index contributed by atoms with van der Waals surface area (Å²) in [6.07, 6.45) is 0. The second-order valence-electron chi connectivity index (χ2n) is 6.36. The van der Waals surface area contributed by atoms with Crippen molar-refractivity contribution in [1.29, 1.82) is 0 Å². The van der Waals surface area contributed by atoms with Crippen molar-refractivity contribution in [2.45, 2.75) is 20.8 Å². The third-order valence-corrected chi connectivity index (χ3v) is 4.46. The summed E-state index contributed by atoms with van der Waals surface area (Å²) in [5.41, 5.74) is 2.67. The summed E-state index contributed by atoms with van der Waals surface area (Å²) in [6.45, 7) is 5.49. The van der Waals surface area contributed by atoms with Crippen LogP contribution in [0.15, 0.2) is 48.5 Å². The number of benzene rings is 2. The van der Waals surface area contributed by atoms with Crippen LogP contribution < -0.4 is 0 Å². The number of esters is 1. The maximum absolute atomic E-state index is 13.0. The molecule has 0 bridgehead atoms. The smallest absolute Gasteiger partial charge is 0.338 e. The molecule has 0 saturated carbocycles. The Morgan fingerprint density at radius 1 is 1.10 bits per heavy atom. The van der Waals surface area contributed by atoms with Gasteiger partial charge in [-0.05, 0) is 45.0 Å². The molecular formula is C21H19N3O5. The fourth-order valence-electron chi connectivity index (χ4n) is 3.08. The number of hydrogen-bond donors (Lipinski definition) is 0. The van der Waals surface area contributed by atoms with Gasteiger partial charge in [0.2, 0.25) is 0 Å². The van der Waals surface area contributed by atoms with Gasteiger partial charge in [0.1, 0.15) is 0 Å². The molecule has 0 atom stereocenters. The molecule has 0 aliphatic rings. The minimum Gasteiger partial charge on any atom is -0.462 e. The van der Waals surface area contributed by atoms with Gasteiger partial charge in [-0.2, -0.15) is 5.10 Å². The molecule has 0 saturated heterocycles. The van der Waals surface area contributed by atoms with Crippen LogP contribution in [0.4, 0.5) is 5.69 Å². The van der Waals surface area contributed by atoms with E-state index in [0.717, 1.165) is 0 Å². The number of carbonyl (C=O) groups is 2. The molecule has 1 heterocycles. The van der Waals surface area contributed by atoms with Crippen molar-refractivity contribution in [1.82, 2.24) is 9.78 Å². The van der Waals surface area contributed by atoms with Crippen LogP contribution in [0.2, 0.25) is 0 Å². The van der Waals surface area contributed by atoms with Gasteiger partial charge in [0.25, 0.3) is 5.69 Å². The lowest BCUT2D eigenvalue weighted by molar-refractivity contribution is -0.384. The Balaban J connectivity index is 1.96. The summed E-state index contributed by atoms with van der Waals surface area (Å²) in [5.74, 6) is -0.743. The first-order valence-electron chi connectivity index (χ1n) is 8.96. The second-order valence-corrected chi connectivity index (χ2v) is 6.36. The quantitative estimate of drug-likeness (QED) is 0.273. The molecule has 8 heteroatoms. The van der Waals surface area contributed by atoms with Crippen LogP contribution in [0.1, 0.15) is 44.6 Å². The predicted molar refractivity (Wildman–Crippen MR) is 106 cm³/mol. The van der Waals surface area contributed by atoms with Crippen LogP contribution in [0.5, 0.6) is 0 Å². The number of carbonyl (C=O) groups excluding carboxylic acids is 2. The standard InChI is InChI=1S/C21H19N3O5/c1-4-29-21(26)15-8-10-17(11-9-15)23-14(3)19(13(2)22-23)20(25)16-6-5-7-18(12-16)24(27)28/h5-12H,4H2,1-3H3. The number of nitrogens with zero attached hydrogens (tertiary/aromatic N) is 3. The molecule has 0 unspecified atom stereocenters. The Morgan fingerprint density at radius 3 is 2.41 bits per heavy atom. The second kappa shape index (κ2) is 8.05. The summed E-state index contributed by atoms with van der Waals surface area (Å²) in [7, 11) is 0. The van der Waals surface area contributed by atoms with Gasteiger partial charge in [0.15, 0.2) is 5.78 Å². The number of aryl methyl sites for hydroxylation is 1. The van der Waals surface area contributed by atoms with E-state index in [2.05, 4.69) is 5.10 Å². The summed E-state index contributed by atoms with van der Waals surface area (Å²) >= 11 is 0. The van der Waals surface area contributed by atoms with E-state index in [1.165, 1.54) is 18.2 Å². The highest BCUT2D eigenvalue weighted by atomic mass is 16.6. The SMILES string of the molecule is CCOC(=O)c1ccc(-n2nc(C)c(C(=O)c3cccc([N+](=O)[O-])c3)c2C)cc1. The van der Waals surface area contributed by atoms with Crippen LogP contribution in [0, 0.1) is 24.0 Å². The Morgan fingerprint density at radius 2 is 1.79 bits per heavy atom. The van der Waals surface area contributed by atoms with Crippen molar-refractivity contribution in [3.8, 4) is 5.69 Å². The summed E-state index contributed by atoms with van der Waals surface area (Å²) in [5, 5.41) is 15.4. The molecule has 29 heavy (non-hydrogen) atoms. The zero-order chi connectivity index (χ0) is 21.1. The van der Waals surface area contributed by atoms with Gasteiger partial charge in [-0.15, -0.1) is 0 Å². The summed E-state index contributed by atoms with van der Waals surface area (Å²) in [6, 6.07) is 12.3. The lowest BCUT2D eigenvalue weighted by Gasteiger charge is -2.07. The van der Waals surface area contributed by atoms with E-state index in [1.807, 2.05) is 0 Å². The Labute approximate surface area is 166 Å². The Bertz CT molecular complexity index is 1100. The zero-order valence-corrected chi connectivity index (χ0v) is 16.2. The highest BCUT2D eigenvalue weighted by Crippen LogP contribution is 2.23. The van der Waals surface area contributed by atoms with Gasteiger partial charge in [0, 0.05) is 17.7 Å². The molecule has 0 N–H and O–H groups in total. The number of rotatable bonds is 6. The van der Waals surface area contributed by atoms with E-state index in [1.54, 1.807) is 55.8 Å². The molecular weight excluding hydrogens is 374 g/mol. The molecule has 0 amide bonds. The van der Waals surface area contributed by atoms with Gasteiger partial charge in [-0.1, -0.05) is 12.1 Å². The average Bonchev–Trinajstić information content (AvgIpc) is 3.02. The number of non-ortho nitro benzene ring substituents is 1. The zero-order valence-electron chi connectivity index (χ0n) is 16.2. The monoisotopic (exact) mass is 393 g/mol. The fraction of sp³-hybridized carbons (Fsp3) is 0.190. The van der Waals surface area contributed by atoms with Gasteiger partial charge in [-0.3, -0.25) is 14.9 Å². The Kier molecular flexibility index (Phi) is 5.54. The number of nitro groups is 1. The van der Waals surface area contributed by atoms with Crippen molar-refractivity contribution in [3.05, 3.63) is 86.7 Å². The minimum absolute atomic E-state index is 0.145. The van der Waals surface area contributed by atoms with E-state index in [9.17, 15) is 19.7 Å². The van der Waals surface area contributed by atoms with Crippen molar-refractivity contribution < 1.29 is 19.2 Å². The van der Waals surface area contributed by atoms with E-state index in [4.69, 9.17) is 4.74 Å². The number of ether oxygens (including phenoxy) is 1. The van der Waals surface area contributed by atoms with E-state index >= 15 is 0 Å². The molecule has 0 aliphatic heterocycles. The third-order valence-electron chi connectivity index (χ3n) is 4.46. The highest BCUT2D eigenvalue weighted by molar-refractivity contribution is 6.10. The van der Waals surface area contributed by atoms with Crippen LogP contribution in [-0.4, -0.2) is 33.1 Å². The number of aromatic nitrogens is 2. The topological polar surface area (TPSA) is 104 Å². The van der Waals surface area contributed by atoms with E-state index in [0.29, 0.717) is 34.8 Å². The summed E-state index contributed by atoms with van der Waals surface area (Å²) < 4.78 is 6.58. The third kappa shape index (κ3) is 3.91. The number of hydrogen-bond acceptors (Lipinski definition) is 6. The summed E-state index contributed by atoms with van der Waals surface area (Å²) in [4.78, 5) is 35.2. The molecule has 3 aromatic rings. The molecule has 0 spiro atoms. The van der Waals surface area contributed by atoms with Crippen LogP contribution in [-0.2, 0) is 4.74 Å². The first-order chi connectivity index (χ1) is 13.8. The minimum atomic E-state index is -0.537. The maximum Gasteiger partial charge on any atom is 0.338 e. The van der Waals surface area contributed by atoms with Crippen molar-refractivity contribution in [2.24, 2.45) is 0 Å². The molecule has 0 radical (unpaired) electrons. The van der Waals surface area contributed by atoms with Crippen molar-refractivity contribution in [3.63, 3.8) is 0 Å². The van der Waals surface area contributed by atoms with Gasteiger partial charge in [-0.25, -0.2) is 9.48 Å². The van der Waals surface area contributed by atoms with Crippen molar-refractivity contribution in [2.75, 3.05) is 6.61 Å². The molecule has 2 aromatic carbocycles. The van der Waals surface area contributed by atoms with E-state index < -0.39 is 10.9 Å². The van der Waals surface area contributed by atoms with Gasteiger partial charge < -0.3 is 4.74 Å². The van der Waals surface area contributed by atoms with Crippen LogP contribution in [0.25, 0.3) is 5.69 Å². The molecule has 0 fully saturated rings. The van der Waals surface area contributed by atoms with Crippen LogP contribution in [0.3, 0.4) is 0 Å². The molecule has 3 rings (SSSR count). The normalized spacial score (nSPS) is 10.6. The molecule has 8 nitrogen and oxygen atoms in total. The molecule has 0 aliphatic carbocycles. The average molecular weight is 393 g/mol. The largest absolute Gasteiger partial charge is 0.462 e. The van der Waals surface area contributed by atoms with Gasteiger partial charge >= 0.3 is 5.97 Å². The first-order valence-corrected chi connectivity index (χ1v) is 8.96. The lowest BCUT2D eigenvalue weighted by Crippen LogP contribution is -2.07. The number of nitro benzene ring substituents is 1. The fourth-order valence-corrected chi connectivity index (χ4v) is 3.08. The maximum atomic E-state index is 13.0. The highest BCUT2D eigenvalue weighted by Gasteiger charge is 2.22. The van der Waals surface area contributed by atoms with Gasteiger partial charge in [0.05, 0.1) is 39.7 Å². The number of ketones is 1. The molecule has 148 valence electrons. The lowest BCUT2D eigenvalue weighted by atomic mass is 10.0. The molecule has 1 aromatic heterocycles. The predicted octanol–water partition coefficient (Wildman–Crippen LogP) is 3.81. The Hall–Kier alpha value is -3.81. The van der Waals surface area contributed by atoms with Crippen molar-refractivity contribution >= 4 is 17.4 Å². The first kappa shape index (κ1) is 19.9. The van der Waals surface area contributed by atoms with E-state index in [-0.39, 0.29) is 17.0 Å².